The molecule has 0 saturated heterocycles. The normalized spacial score (nSPS) is 10.9. The van der Waals surface area contributed by atoms with Crippen LogP contribution in [-0.2, 0) is 11.3 Å². The predicted molar refractivity (Wildman–Crippen MR) is 102 cm³/mol. The minimum Gasteiger partial charge on any atom is -0.491 e. The molecular formula is C20H23ClF2N2O2. The van der Waals surface area contributed by atoms with Gasteiger partial charge in [0.1, 0.15) is 17.4 Å². The van der Waals surface area contributed by atoms with Gasteiger partial charge in [-0.1, -0.05) is 23.7 Å². The van der Waals surface area contributed by atoms with Crippen molar-refractivity contribution in [2.75, 3.05) is 33.8 Å². The lowest BCUT2D eigenvalue weighted by Crippen LogP contribution is -2.36. The molecule has 0 heterocycles. The molecule has 0 N–H and O–H groups in total. The van der Waals surface area contributed by atoms with Crippen molar-refractivity contribution in [3.8, 4) is 5.75 Å². The number of hydrogen-bond donors (Lipinski definition) is 0. The second kappa shape index (κ2) is 10.2. The lowest BCUT2D eigenvalue weighted by atomic mass is 10.2. The summed E-state index contributed by atoms with van der Waals surface area (Å²) in [6.07, 6.45) is 0.155. The van der Waals surface area contributed by atoms with Crippen molar-refractivity contribution in [3.05, 3.63) is 64.7 Å². The molecule has 2 rings (SSSR count). The third-order valence-electron chi connectivity index (χ3n) is 3.92. The Morgan fingerprint density at radius 1 is 1.04 bits per heavy atom. The number of nitrogens with zero attached hydrogens (tertiary/aromatic N) is 2. The summed E-state index contributed by atoms with van der Waals surface area (Å²) in [5.41, 5.74) is 0.853. The highest BCUT2D eigenvalue weighted by Crippen LogP contribution is 2.25. The highest BCUT2D eigenvalue weighted by atomic mass is 35.5. The largest absolute Gasteiger partial charge is 0.491 e. The van der Waals surface area contributed by atoms with Crippen LogP contribution in [0.3, 0.4) is 0 Å². The average molecular weight is 397 g/mol. The van der Waals surface area contributed by atoms with Gasteiger partial charge in [0.25, 0.3) is 0 Å². The first-order valence-electron chi connectivity index (χ1n) is 8.60. The van der Waals surface area contributed by atoms with Crippen molar-refractivity contribution in [1.82, 2.24) is 9.80 Å². The fourth-order valence-electron chi connectivity index (χ4n) is 2.42. The topological polar surface area (TPSA) is 32.8 Å². The Labute approximate surface area is 163 Å². The number of hydrogen-bond acceptors (Lipinski definition) is 3. The molecule has 0 atom stereocenters. The summed E-state index contributed by atoms with van der Waals surface area (Å²) in [4.78, 5) is 16.3. The van der Waals surface area contributed by atoms with E-state index in [2.05, 4.69) is 0 Å². The molecular weight excluding hydrogens is 374 g/mol. The predicted octanol–water partition coefficient (Wildman–Crippen LogP) is 3.98. The molecule has 0 radical (unpaired) electrons. The van der Waals surface area contributed by atoms with Crippen LogP contribution in [0.15, 0.2) is 42.5 Å². The van der Waals surface area contributed by atoms with Gasteiger partial charge in [-0.15, -0.1) is 0 Å². The van der Waals surface area contributed by atoms with Gasteiger partial charge in [-0.3, -0.25) is 4.79 Å². The lowest BCUT2D eigenvalue weighted by Gasteiger charge is -2.25. The Kier molecular flexibility index (Phi) is 8.00. The summed E-state index contributed by atoms with van der Waals surface area (Å²) in [5.74, 6) is -0.504. The maximum absolute atomic E-state index is 13.1. The van der Waals surface area contributed by atoms with E-state index in [1.165, 1.54) is 24.3 Å². The second-order valence-electron chi connectivity index (χ2n) is 6.42. The highest BCUT2D eigenvalue weighted by molar-refractivity contribution is 6.32. The van der Waals surface area contributed by atoms with Crippen molar-refractivity contribution in [2.24, 2.45) is 0 Å². The smallest absolute Gasteiger partial charge is 0.226 e. The third-order valence-corrected chi connectivity index (χ3v) is 4.22. The van der Waals surface area contributed by atoms with Gasteiger partial charge in [0.2, 0.25) is 5.91 Å². The second-order valence-corrected chi connectivity index (χ2v) is 6.83. The molecule has 0 aromatic heterocycles. The fourth-order valence-corrected chi connectivity index (χ4v) is 2.64. The van der Waals surface area contributed by atoms with Gasteiger partial charge in [-0.05, 0) is 50.0 Å². The maximum atomic E-state index is 13.1. The van der Waals surface area contributed by atoms with Crippen LogP contribution < -0.4 is 4.74 Å². The van der Waals surface area contributed by atoms with E-state index in [0.29, 0.717) is 25.4 Å². The first-order chi connectivity index (χ1) is 12.8. The summed E-state index contributed by atoms with van der Waals surface area (Å²) in [6.45, 7) is 1.77. The van der Waals surface area contributed by atoms with E-state index in [1.54, 1.807) is 17.0 Å². The van der Waals surface area contributed by atoms with E-state index in [0.717, 1.165) is 11.6 Å². The van der Waals surface area contributed by atoms with E-state index in [1.807, 2.05) is 19.0 Å². The minimum atomic E-state index is -0.447. The average Bonchev–Trinajstić information content (AvgIpc) is 2.61. The van der Waals surface area contributed by atoms with Crippen LogP contribution in [0.5, 0.6) is 5.75 Å². The van der Waals surface area contributed by atoms with Gasteiger partial charge in [0.15, 0.2) is 0 Å². The standard InChI is InChI=1S/C20H23ClF2N2O2/c1-24(2)10-11-25(14-15-3-5-16(22)6-4-15)20(26)9-12-27-19-8-7-17(23)13-18(19)21/h3-8,13H,9-12,14H2,1-2H3. The summed E-state index contributed by atoms with van der Waals surface area (Å²) in [5, 5.41) is 0.165. The Morgan fingerprint density at radius 3 is 2.33 bits per heavy atom. The molecule has 146 valence electrons. The lowest BCUT2D eigenvalue weighted by molar-refractivity contribution is -0.132. The van der Waals surface area contributed by atoms with E-state index >= 15 is 0 Å². The first kappa shape index (κ1) is 21.1. The van der Waals surface area contributed by atoms with Crippen molar-refractivity contribution < 1.29 is 18.3 Å². The molecule has 4 nitrogen and oxygen atoms in total. The van der Waals surface area contributed by atoms with Crippen LogP contribution in [0.2, 0.25) is 5.02 Å². The Morgan fingerprint density at radius 2 is 1.70 bits per heavy atom. The Balaban J connectivity index is 1.94. The molecule has 0 saturated carbocycles. The van der Waals surface area contributed by atoms with E-state index in [-0.39, 0.29) is 29.8 Å². The first-order valence-corrected chi connectivity index (χ1v) is 8.98. The third kappa shape index (κ3) is 7.15. The van der Waals surface area contributed by atoms with Gasteiger partial charge in [-0.2, -0.15) is 0 Å². The minimum absolute atomic E-state index is 0.0839. The van der Waals surface area contributed by atoms with Crippen molar-refractivity contribution >= 4 is 17.5 Å². The fraction of sp³-hybridized carbons (Fsp3) is 0.350. The van der Waals surface area contributed by atoms with Crippen LogP contribution in [-0.4, -0.2) is 49.5 Å². The van der Waals surface area contributed by atoms with E-state index < -0.39 is 5.82 Å². The summed E-state index contributed by atoms with van der Waals surface area (Å²) in [7, 11) is 3.86. The Hall–Kier alpha value is -2.18. The molecule has 2 aromatic carbocycles. The van der Waals surface area contributed by atoms with Crippen LogP contribution >= 0.6 is 11.6 Å². The highest BCUT2D eigenvalue weighted by Gasteiger charge is 2.15. The van der Waals surface area contributed by atoms with Crippen LogP contribution in [0.1, 0.15) is 12.0 Å². The van der Waals surface area contributed by atoms with E-state index in [9.17, 15) is 13.6 Å². The molecule has 0 fully saturated rings. The SMILES string of the molecule is CN(C)CCN(Cc1ccc(F)cc1)C(=O)CCOc1ccc(F)cc1Cl. The molecule has 0 bridgehead atoms. The number of likely N-dealkylation sites (N-methyl/N-ethyl adjacent to an activating group) is 1. The molecule has 0 aliphatic carbocycles. The van der Waals surface area contributed by atoms with Gasteiger partial charge >= 0.3 is 0 Å². The molecule has 2 aromatic rings. The number of carbonyl (C=O) groups is 1. The van der Waals surface area contributed by atoms with Gasteiger partial charge in [0.05, 0.1) is 18.1 Å². The molecule has 1 amide bonds. The van der Waals surface area contributed by atoms with Crippen LogP contribution in [0, 0.1) is 11.6 Å². The Bertz CT molecular complexity index is 754. The number of rotatable bonds is 9. The van der Waals surface area contributed by atoms with Crippen molar-refractivity contribution in [1.29, 1.82) is 0 Å². The maximum Gasteiger partial charge on any atom is 0.226 e. The zero-order valence-electron chi connectivity index (χ0n) is 15.4. The van der Waals surface area contributed by atoms with Gasteiger partial charge < -0.3 is 14.5 Å². The molecule has 7 heteroatoms. The monoisotopic (exact) mass is 396 g/mol. The summed E-state index contributed by atoms with van der Waals surface area (Å²) >= 11 is 5.92. The van der Waals surface area contributed by atoms with Gasteiger partial charge in [0, 0.05) is 19.6 Å². The number of halogens is 3. The zero-order chi connectivity index (χ0) is 19.8. The van der Waals surface area contributed by atoms with Crippen molar-refractivity contribution in [2.45, 2.75) is 13.0 Å². The molecule has 27 heavy (non-hydrogen) atoms. The number of amides is 1. The summed E-state index contributed by atoms with van der Waals surface area (Å²) < 4.78 is 31.6. The van der Waals surface area contributed by atoms with Crippen LogP contribution in [0.4, 0.5) is 8.78 Å². The molecule has 0 aliphatic heterocycles. The number of benzene rings is 2. The quantitative estimate of drug-likeness (QED) is 0.642. The van der Waals surface area contributed by atoms with Crippen molar-refractivity contribution in [3.63, 3.8) is 0 Å². The van der Waals surface area contributed by atoms with Crippen LogP contribution in [0.25, 0.3) is 0 Å². The zero-order valence-corrected chi connectivity index (χ0v) is 16.2. The van der Waals surface area contributed by atoms with E-state index in [4.69, 9.17) is 16.3 Å². The van der Waals surface area contributed by atoms with Gasteiger partial charge in [-0.25, -0.2) is 8.78 Å². The number of carbonyl (C=O) groups excluding carboxylic acids is 1. The molecule has 0 aliphatic rings. The molecule has 0 unspecified atom stereocenters. The number of ether oxygens (including phenoxy) is 1. The summed E-state index contributed by atoms with van der Waals surface area (Å²) in [6, 6.07) is 9.94. The molecule has 0 spiro atoms.